The maximum atomic E-state index is 12.4. The zero-order valence-electron chi connectivity index (χ0n) is 19.0. The zero-order valence-corrected chi connectivity index (χ0v) is 19.0. The molecule has 0 spiro atoms. The maximum absolute atomic E-state index is 12.4. The number of anilines is 2. The van der Waals surface area contributed by atoms with Gasteiger partial charge < -0.3 is 20.9 Å². The Morgan fingerprint density at radius 3 is 2.30 bits per heavy atom. The summed E-state index contributed by atoms with van der Waals surface area (Å²) < 4.78 is 10.9. The lowest BCUT2D eigenvalue weighted by Crippen LogP contribution is -2.25. The molecule has 1 atom stereocenters. The van der Waals surface area contributed by atoms with E-state index in [0.717, 1.165) is 36.8 Å². The number of ether oxygens (including phenoxy) is 2. The van der Waals surface area contributed by atoms with Gasteiger partial charge in [-0.2, -0.15) is 0 Å². The van der Waals surface area contributed by atoms with Crippen LogP contribution in [0, 0.1) is 11.8 Å². The molecule has 1 saturated carbocycles. The fraction of sp³-hybridized carbons (Fsp3) is 0.333. The van der Waals surface area contributed by atoms with Gasteiger partial charge in [-0.1, -0.05) is 25.1 Å². The molecule has 1 aliphatic carbocycles. The molecule has 1 aliphatic rings. The fourth-order valence-electron chi connectivity index (χ4n) is 3.94. The SMILES string of the molecule is C=CC1CCC(C(=O)Oc2ccc(C=CC(=O)OCC(C)c3cc(N)cc(N)c3)cc2)CC1. The van der Waals surface area contributed by atoms with Crippen molar-refractivity contribution >= 4 is 29.4 Å². The minimum Gasteiger partial charge on any atom is -0.462 e. The second-order valence-corrected chi connectivity index (χ2v) is 8.63. The van der Waals surface area contributed by atoms with Crippen LogP contribution in [0.1, 0.15) is 49.7 Å². The van der Waals surface area contributed by atoms with Crippen molar-refractivity contribution in [1.82, 2.24) is 0 Å². The summed E-state index contributed by atoms with van der Waals surface area (Å²) in [5.74, 6) is 0.298. The topological polar surface area (TPSA) is 105 Å². The number of rotatable bonds is 8. The lowest BCUT2D eigenvalue weighted by atomic mass is 9.82. The van der Waals surface area contributed by atoms with E-state index in [2.05, 4.69) is 6.58 Å². The third kappa shape index (κ3) is 7.24. The van der Waals surface area contributed by atoms with Crippen LogP contribution in [0.2, 0.25) is 0 Å². The molecule has 6 heteroatoms. The molecule has 0 bridgehead atoms. The van der Waals surface area contributed by atoms with E-state index in [9.17, 15) is 9.59 Å². The largest absolute Gasteiger partial charge is 0.462 e. The number of carbonyl (C=O) groups excluding carboxylic acids is 2. The number of nitrogens with two attached hydrogens (primary N) is 2. The molecule has 0 aliphatic heterocycles. The number of carbonyl (C=O) groups is 2. The van der Waals surface area contributed by atoms with Crippen molar-refractivity contribution < 1.29 is 19.1 Å². The second-order valence-electron chi connectivity index (χ2n) is 8.63. The van der Waals surface area contributed by atoms with Gasteiger partial charge in [-0.25, -0.2) is 4.79 Å². The van der Waals surface area contributed by atoms with Gasteiger partial charge in [0.05, 0.1) is 12.5 Å². The number of hydrogen-bond donors (Lipinski definition) is 2. The minimum absolute atomic E-state index is 0.0334. The highest BCUT2D eigenvalue weighted by atomic mass is 16.5. The van der Waals surface area contributed by atoms with Crippen LogP contribution in [-0.4, -0.2) is 18.5 Å². The summed E-state index contributed by atoms with van der Waals surface area (Å²) in [6.07, 6.45) is 8.64. The molecule has 1 unspecified atom stereocenters. The van der Waals surface area contributed by atoms with Gasteiger partial charge in [0.15, 0.2) is 0 Å². The number of hydrogen-bond acceptors (Lipinski definition) is 6. The van der Waals surface area contributed by atoms with Crippen LogP contribution in [0.5, 0.6) is 5.75 Å². The molecular formula is C27H32N2O4. The Bertz CT molecular complexity index is 985. The van der Waals surface area contributed by atoms with E-state index in [1.54, 1.807) is 36.4 Å². The smallest absolute Gasteiger partial charge is 0.330 e. The molecule has 4 N–H and O–H groups in total. The van der Waals surface area contributed by atoms with Crippen LogP contribution in [0.25, 0.3) is 6.08 Å². The van der Waals surface area contributed by atoms with Crippen molar-refractivity contribution in [2.75, 3.05) is 18.1 Å². The van der Waals surface area contributed by atoms with Crippen molar-refractivity contribution in [2.45, 2.75) is 38.5 Å². The highest BCUT2D eigenvalue weighted by molar-refractivity contribution is 5.87. The molecule has 0 saturated heterocycles. The Labute approximate surface area is 195 Å². The minimum atomic E-state index is -0.440. The molecule has 0 amide bonds. The van der Waals surface area contributed by atoms with E-state index in [1.807, 2.05) is 25.1 Å². The predicted molar refractivity (Wildman–Crippen MR) is 131 cm³/mol. The van der Waals surface area contributed by atoms with Crippen LogP contribution in [0.3, 0.4) is 0 Å². The summed E-state index contributed by atoms with van der Waals surface area (Å²) >= 11 is 0. The van der Waals surface area contributed by atoms with Crippen molar-refractivity contribution in [3.05, 3.63) is 72.3 Å². The summed E-state index contributed by atoms with van der Waals surface area (Å²) in [5.41, 5.74) is 14.5. The molecule has 0 radical (unpaired) electrons. The summed E-state index contributed by atoms with van der Waals surface area (Å²) in [7, 11) is 0. The van der Waals surface area contributed by atoms with Crippen LogP contribution in [0.15, 0.2) is 61.2 Å². The zero-order chi connectivity index (χ0) is 23.8. The molecular weight excluding hydrogens is 416 g/mol. The molecule has 1 fully saturated rings. The fourth-order valence-corrected chi connectivity index (χ4v) is 3.94. The second kappa shape index (κ2) is 11.4. The van der Waals surface area contributed by atoms with Gasteiger partial charge in [0, 0.05) is 23.4 Å². The van der Waals surface area contributed by atoms with Gasteiger partial charge in [0.25, 0.3) is 0 Å². The predicted octanol–water partition coefficient (Wildman–Crippen LogP) is 5.11. The Morgan fingerprint density at radius 1 is 1.06 bits per heavy atom. The highest BCUT2D eigenvalue weighted by Crippen LogP contribution is 2.30. The highest BCUT2D eigenvalue weighted by Gasteiger charge is 2.26. The van der Waals surface area contributed by atoms with Crippen molar-refractivity contribution in [3.8, 4) is 5.75 Å². The standard InChI is InChI=1S/C27H32N2O4/c1-3-19-4-9-21(10-5-19)27(31)33-25-11-6-20(7-12-25)8-13-26(30)32-17-18(2)22-14-23(28)16-24(29)15-22/h3,6-8,11-16,18-19,21H,1,4-5,9-10,17,28-29H2,2H3. The summed E-state index contributed by atoms with van der Waals surface area (Å²) in [6.45, 7) is 5.99. The molecule has 0 heterocycles. The Hall–Kier alpha value is -3.54. The lowest BCUT2D eigenvalue weighted by molar-refractivity contribution is -0.140. The lowest BCUT2D eigenvalue weighted by Gasteiger charge is -2.24. The maximum Gasteiger partial charge on any atom is 0.330 e. The van der Waals surface area contributed by atoms with Crippen molar-refractivity contribution in [1.29, 1.82) is 0 Å². The molecule has 6 nitrogen and oxygen atoms in total. The van der Waals surface area contributed by atoms with Gasteiger partial charge >= 0.3 is 11.9 Å². The Balaban J connectivity index is 1.45. The van der Waals surface area contributed by atoms with Crippen LogP contribution in [0.4, 0.5) is 11.4 Å². The van der Waals surface area contributed by atoms with E-state index in [-0.39, 0.29) is 24.4 Å². The molecule has 3 rings (SSSR count). The molecule has 33 heavy (non-hydrogen) atoms. The summed E-state index contributed by atoms with van der Waals surface area (Å²) in [5, 5.41) is 0. The van der Waals surface area contributed by atoms with Crippen molar-refractivity contribution in [2.24, 2.45) is 11.8 Å². The average molecular weight is 449 g/mol. The van der Waals surface area contributed by atoms with Gasteiger partial charge in [-0.05, 0) is 79.1 Å². The van der Waals surface area contributed by atoms with Gasteiger partial charge in [-0.3, -0.25) is 4.79 Å². The van der Waals surface area contributed by atoms with Gasteiger partial charge in [0.1, 0.15) is 5.75 Å². The van der Waals surface area contributed by atoms with Gasteiger partial charge in [0.2, 0.25) is 0 Å². The number of benzene rings is 2. The number of allylic oxidation sites excluding steroid dienone is 1. The van der Waals surface area contributed by atoms with E-state index in [4.69, 9.17) is 20.9 Å². The third-order valence-electron chi connectivity index (χ3n) is 5.99. The molecule has 2 aromatic rings. The average Bonchev–Trinajstić information content (AvgIpc) is 2.81. The van der Waals surface area contributed by atoms with Crippen LogP contribution >= 0.6 is 0 Å². The number of esters is 2. The quantitative estimate of drug-likeness (QED) is 0.191. The van der Waals surface area contributed by atoms with E-state index in [0.29, 0.717) is 23.0 Å². The first-order valence-electron chi connectivity index (χ1n) is 11.3. The third-order valence-corrected chi connectivity index (χ3v) is 5.99. The number of nitrogen functional groups attached to an aromatic ring is 2. The van der Waals surface area contributed by atoms with E-state index >= 15 is 0 Å². The first-order chi connectivity index (χ1) is 15.8. The molecule has 174 valence electrons. The summed E-state index contributed by atoms with van der Waals surface area (Å²) in [4.78, 5) is 24.5. The van der Waals surface area contributed by atoms with Crippen LogP contribution in [-0.2, 0) is 14.3 Å². The normalized spacial score (nSPS) is 19.1. The van der Waals surface area contributed by atoms with E-state index in [1.165, 1.54) is 6.08 Å². The molecule has 0 aromatic heterocycles. The Kier molecular flexibility index (Phi) is 8.30. The summed E-state index contributed by atoms with van der Waals surface area (Å²) in [6, 6.07) is 12.4. The Morgan fingerprint density at radius 2 is 1.70 bits per heavy atom. The first-order valence-corrected chi connectivity index (χ1v) is 11.3. The van der Waals surface area contributed by atoms with Gasteiger partial charge in [-0.15, -0.1) is 6.58 Å². The van der Waals surface area contributed by atoms with Crippen LogP contribution < -0.4 is 16.2 Å². The molecule has 2 aromatic carbocycles. The monoisotopic (exact) mass is 448 g/mol. The first kappa shape index (κ1) is 24.1. The van der Waals surface area contributed by atoms with Crippen molar-refractivity contribution in [3.63, 3.8) is 0 Å². The van der Waals surface area contributed by atoms with E-state index < -0.39 is 5.97 Å².